The summed E-state index contributed by atoms with van der Waals surface area (Å²) >= 11 is 4.83. The average molecular weight is 175 g/mol. The van der Waals surface area contributed by atoms with Crippen LogP contribution in [0.25, 0.3) is 0 Å². The van der Waals surface area contributed by atoms with Crippen molar-refractivity contribution < 1.29 is 9.53 Å². The van der Waals surface area contributed by atoms with Crippen molar-refractivity contribution in [2.24, 2.45) is 0 Å². The summed E-state index contributed by atoms with van der Waals surface area (Å²) in [5.41, 5.74) is 0. The average Bonchev–Trinajstić information content (AvgIpc) is 1.87. The Bertz CT molecular complexity index is 131. The highest BCUT2D eigenvalue weighted by Gasteiger charge is 2.04. The molecule has 0 radical (unpaired) electrons. The molecule has 0 aromatic rings. The van der Waals surface area contributed by atoms with E-state index in [-0.39, 0.29) is 12.4 Å². The molecule has 1 N–H and O–H groups in total. The molecule has 0 aliphatic carbocycles. The van der Waals surface area contributed by atoms with E-state index in [4.69, 9.17) is 17.0 Å². The fraction of sp³-hybridized carbons (Fsp3) is 0.714. The molecule has 0 aromatic carbocycles. The first kappa shape index (κ1) is 10.4. The Kier molecular flexibility index (Phi) is 5.74. The highest BCUT2D eigenvalue weighted by atomic mass is 32.1. The van der Waals surface area contributed by atoms with Gasteiger partial charge in [0, 0.05) is 6.54 Å². The molecule has 3 nitrogen and oxygen atoms in total. The number of rotatable bonds is 4. The van der Waals surface area contributed by atoms with Crippen LogP contribution in [0.2, 0.25) is 0 Å². The number of hydrogen-bond donors (Lipinski definition) is 1. The van der Waals surface area contributed by atoms with Crippen molar-refractivity contribution in [3.8, 4) is 0 Å². The fourth-order valence-corrected chi connectivity index (χ4v) is 0.865. The van der Waals surface area contributed by atoms with Crippen LogP contribution < -0.4 is 5.32 Å². The first-order chi connectivity index (χ1) is 5.20. The number of carbonyl (C=O) groups is 1. The van der Waals surface area contributed by atoms with E-state index in [0.29, 0.717) is 11.6 Å². The summed E-state index contributed by atoms with van der Waals surface area (Å²) < 4.78 is 4.69. The second kappa shape index (κ2) is 6.09. The van der Waals surface area contributed by atoms with Crippen LogP contribution in [-0.4, -0.2) is 24.1 Å². The summed E-state index contributed by atoms with van der Waals surface area (Å²) in [6, 6.07) is 0. The maximum atomic E-state index is 10.8. The predicted octanol–water partition coefficient (Wildman–Crippen LogP) is 0.877. The minimum atomic E-state index is -0.265. The highest BCUT2D eigenvalue weighted by Crippen LogP contribution is 1.87. The number of hydrogen-bond acceptors (Lipinski definition) is 3. The van der Waals surface area contributed by atoms with Crippen molar-refractivity contribution in [2.45, 2.75) is 20.3 Å². The van der Waals surface area contributed by atoms with Crippen LogP contribution in [0.15, 0.2) is 0 Å². The Morgan fingerprint density at radius 3 is 2.64 bits per heavy atom. The first-order valence-electron chi connectivity index (χ1n) is 3.63. The van der Waals surface area contributed by atoms with E-state index >= 15 is 0 Å². The van der Waals surface area contributed by atoms with Gasteiger partial charge in [0.05, 0.1) is 18.0 Å². The SMILES string of the molecule is CCNC(=S)CC(=O)OCC. The van der Waals surface area contributed by atoms with Crippen molar-refractivity contribution in [1.29, 1.82) is 0 Å². The zero-order chi connectivity index (χ0) is 8.69. The van der Waals surface area contributed by atoms with Crippen molar-refractivity contribution in [1.82, 2.24) is 5.32 Å². The van der Waals surface area contributed by atoms with Gasteiger partial charge in [0.25, 0.3) is 0 Å². The van der Waals surface area contributed by atoms with E-state index in [1.165, 1.54) is 0 Å². The van der Waals surface area contributed by atoms with Gasteiger partial charge in [-0.05, 0) is 13.8 Å². The summed E-state index contributed by atoms with van der Waals surface area (Å²) in [5.74, 6) is -0.265. The van der Waals surface area contributed by atoms with Crippen LogP contribution in [0.4, 0.5) is 0 Å². The monoisotopic (exact) mass is 175 g/mol. The quantitative estimate of drug-likeness (QED) is 0.508. The van der Waals surface area contributed by atoms with Gasteiger partial charge in [0.15, 0.2) is 0 Å². The molecule has 0 heterocycles. The van der Waals surface area contributed by atoms with Gasteiger partial charge in [-0.15, -0.1) is 0 Å². The molecule has 64 valence electrons. The van der Waals surface area contributed by atoms with E-state index in [1.807, 2.05) is 6.92 Å². The lowest BCUT2D eigenvalue weighted by atomic mass is 10.4. The van der Waals surface area contributed by atoms with Crippen molar-refractivity contribution >= 4 is 23.2 Å². The third-order valence-electron chi connectivity index (χ3n) is 0.984. The summed E-state index contributed by atoms with van der Waals surface area (Å²) in [4.78, 5) is 11.3. The highest BCUT2D eigenvalue weighted by molar-refractivity contribution is 7.80. The lowest BCUT2D eigenvalue weighted by molar-refractivity contribution is -0.141. The number of carbonyl (C=O) groups excluding carboxylic acids is 1. The topological polar surface area (TPSA) is 38.3 Å². The summed E-state index contributed by atoms with van der Waals surface area (Å²) in [5, 5.41) is 2.87. The molecule has 0 atom stereocenters. The minimum Gasteiger partial charge on any atom is -0.466 e. The van der Waals surface area contributed by atoms with Crippen molar-refractivity contribution in [3.05, 3.63) is 0 Å². The van der Waals surface area contributed by atoms with Gasteiger partial charge in [-0.2, -0.15) is 0 Å². The lowest BCUT2D eigenvalue weighted by Gasteiger charge is -2.03. The predicted molar refractivity (Wildman–Crippen MR) is 47.5 cm³/mol. The largest absolute Gasteiger partial charge is 0.466 e. The Balaban J connectivity index is 3.49. The molecule has 0 rings (SSSR count). The van der Waals surface area contributed by atoms with Crippen LogP contribution in [0, 0.1) is 0 Å². The second-order valence-electron chi connectivity index (χ2n) is 1.94. The third kappa shape index (κ3) is 5.79. The molecular weight excluding hydrogens is 162 g/mol. The van der Waals surface area contributed by atoms with Crippen LogP contribution >= 0.6 is 12.2 Å². The van der Waals surface area contributed by atoms with E-state index in [1.54, 1.807) is 6.92 Å². The van der Waals surface area contributed by atoms with E-state index in [2.05, 4.69) is 5.32 Å². The van der Waals surface area contributed by atoms with Crippen molar-refractivity contribution in [2.75, 3.05) is 13.2 Å². The molecule has 0 aliphatic heterocycles. The van der Waals surface area contributed by atoms with Crippen molar-refractivity contribution in [3.63, 3.8) is 0 Å². The summed E-state index contributed by atoms with van der Waals surface area (Å²) in [6.45, 7) is 4.86. The van der Waals surface area contributed by atoms with E-state index in [9.17, 15) is 4.79 Å². The normalized spacial score (nSPS) is 8.91. The number of ether oxygens (including phenoxy) is 1. The maximum Gasteiger partial charge on any atom is 0.312 e. The Labute approximate surface area is 72.1 Å². The first-order valence-corrected chi connectivity index (χ1v) is 4.03. The molecular formula is C7H13NO2S. The maximum absolute atomic E-state index is 10.8. The minimum absolute atomic E-state index is 0.191. The molecule has 0 saturated heterocycles. The number of esters is 1. The zero-order valence-electron chi connectivity index (χ0n) is 6.85. The van der Waals surface area contributed by atoms with Gasteiger partial charge >= 0.3 is 5.97 Å². The number of thiocarbonyl (C=S) groups is 1. The van der Waals surface area contributed by atoms with Gasteiger partial charge in [0.1, 0.15) is 0 Å². The molecule has 0 aliphatic rings. The lowest BCUT2D eigenvalue weighted by Crippen LogP contribution is -2.24. The van der Waals surface area contributed by atoms with Crippen LogP contribution in [0.5, 0.6) is 0 Å². The standard InChI is InChI=1S/C7H13NO2S/c1-3-8-6(11)5-7(9)10-4-2/h3-5H2,1-2H3,(H,8,11). The molecule has 0 aromatic heterocycles. The third-order valence-corrected chi connectivity index (χ3v) is 1.27. The van der Waals surface area contributed by atoms with Crippen LogP contribution in [-0.2, 0) is 9.53 Å². The van der Waals surface area contributed by atoms with Gasteiger partial charge in [-0.25, -0.2) is 0 Å². The molecule has 4 heteroatoms. The summed E-state index contributed by atoms with van der Waals surface area (Å²) in [6.07, 6.45) is 0.191. The van der Waals surface area contributed by atoms with Crippen LogP contribution in [0.3, 0.4) is 0 Å². The zero-order valence-corrected chi connectivity index (χ0v) is 7.66. The smallest absolute Gasteiger partial charge is 0.312 e. The molecule has 0 saturated carbocycles. The Morgan fingerprint density at radius 1 is 1.55 bits per heavy atom. The van der Waals surface area contributed by atoms with Gasteiger partial charge in [-0.1, -0.05) is 12.2 Å². The molecule has 0 spiro atoms. The van der Waals surface area contributed by atoms with E-state index in [0.717, 1.165) is 6.54 Å². The Hall–Kier alpha value is -0.640. The fourth-order valence-electron chi connectivity index (χ4n) is 0.603. The van der Waals surface area contributed by atoms with E-state index < -0.39 is 0 Å². The molecule has 0 bridgehead atoms. The molecule has 0 fully saturated rings. The van der Waals surface area contributed by atoms with Gasteiger partial charge in [-0.3, -0.25) is 4.79 Å². The van der Waals surface area contributed by atoms with Gasteiger partial charge < -0.3 is 10.1 Å². The second-order valence-corrected chi connectivity index (χ2v) is 2.43. The number of nitrogens with one attached hydrogen (secondary N) is 1. The molecule has 0 amide bonds. The van der Waals surface area contributed by atoms with Crippen LogP contribution in [0.1, 0.15) is 20.3 Å². The molecule has 0 unspecified atom stereocenters. The summed E-state index contributed by atoms with van der Waals surface area (Å²) in [7, 11) is 0. The van der Waals surface area contributed by atoms with Gasteiger partial charge in [0.2, 0.25) is 0 Å². The molecule has 11 heavy (non-hydrogen) atoms. The Morgan fingerprint density at radius 2 is 2.18 bits per heavy atom.